The van der Waals surface area contributed by atoms with Gasteiger partial charge in [-0.1, -0.05) is 55.8 Å². The van der Waals surface area contributed by atoms with E-state index in [0.717, 1.165) is 31.3 Å². The van der Waals surface area contributed by atoms with E-state index in [4.69, 9.17) is 4.74 Å². The van der Waals surface area contributed by atoms with Gasteiger partial charge in [-0.2, -0.15) is 0 Å². The van der Waals surface area contributed by atoms with Crippen LogP contribution in [0.2, 0.25) is 0 Å². The van der Waals surface area contributed by atoms with Crippen molar-refractivity contribution in [3.63, 3.8) is 0 Å². The minimum absolute atomic E-state index is 0.408. The maximum absolute atomic E-state index is 6.24. The number of rotatable bonds is 3. The molecule has 5 atom stereocenters. The van der Waals surface area contributed by atoms with E-state index < -0.39 is 0 Å². The Kier molecular flexibility index (Phi) is 3.98. The minimum Gasteiger partial charge on any atom is -0.377 e. The Bertz CT molecular complexity index is 476. The normalized spacial score (nSPS) is 36.5. The van der Waals surface area contributed by atoms with Crippen molar-refractivity contribution in [1.29, 1.82) is 0 Å². The Morgan fingerprint density at radius 1 is 1.15 bits per heavy atom. The van der Waals surface area contributed by atoms with Crippen molar-refractivity contribution in [2.45, 2.75) is 39.7 Å². The zero-order chi connectivity index (χ0) is 14.1. The summed E-state index contributed by atoms with van der Waals surface area (Å²) < 4.78 is 6.24. The first kappa shape index (κ1) is 13.9. The largest absolute Gasteiger partial charge is 0.377 e. The number of hydrogen-bond acceptors (Lipinski definition) is 1. The molecule has 108 valence electrons. The van der Waals surface area contributed by atoms with Gasteiger partial charge in [0.25, 0.3) is 0 Å². The molecule has 1 heteroatoms. The summed E-state index contributed by atoms with van der Waals surface area (Å²) in [6.45, 7) is 8.02. The van der Waals surface area contributed by atoms with Gasteiger partial charge in [-0.3, -0.25) is 0 Å². The van der Waals surface area contributed by atoms with E-state index in [1.165, 1.54) is 5.56 Å². The Labute approximate surface area is 123 Å². The van der Waals surface area contributed by atoms with Gasteiger partial charge < -0.3 is 4.74 Å². The van der Waals surface area contributed by atoms with Gasteiger partial charge in [-0.15, -0.1) is 0 Å². The Morgan fingerprint density at radius 3 is 2.65 bits per heavy atom. The van der Waals surface area contributed by atoms with Gasteiger partial charge in [-0.25, -0.2) is 0 Å². The van der Waals surface area contributed by atoms with Gasteiger partial charge >= 0.3 is 0 Å². The van der Waals surface area contributed by atoms with E-state index in [1.807, 2.05) is 0 Å². The third kappa shape index (κ3) is 2.56. The van der Waals surface area contributed by atoms with Crippen LogP contribution in [0, 0.1) is 23.7 Å². The van der Waals surface area contributed by atoms with E-state index in [0.29, 0.717) is 17.9 Å². The lowest BCUT2D eigenvalue weighted by molar-refractivity contribution is -0.0935. The molecular formula is C19H26O. The number of hydrogen-bond donors (Lipinski definition) is 0. The van der Waals surface area contributed by atoms with Gasteiger partial charge in [0.05, 0.1) is 12.7 Å². The smallest absolute Gasteiger partial charge is 0.0646 e. The summed E-state index contributed by atoms with van der Waals surface area (Å²) in [6.07, 6.45) is 5.17. The number of benzene rings is 1. The standard InChI is InChI=1S/C19H26O/c1-13-11-14(2)19-15(3)17(13)12-20-18(19)10-9-16-7-5-4-6-8-16/h4-8,11,13,15,17-19H,9-10,12H2,1-3H3/t13-,15-,17-,18-,19-/m1/s1. The van der Waals surface area contributed by atoms with Crippen molar-refractivity contribution in [2.24, 2.45) is 23.7 Å². The highest BCUT2D eigenvalue weighted by Gasteiger charge is 2.42. The van der Waals surface area contributed by atoms with Gasteiger partial charge in [0.1, 0.15) is 0 Å². The van der Waals surface area contributed by atoms with Crippen molar-refractivity contribution in [1.82, 2.24) is 0 Å². The van der Waals surface area contributed by atoms with Gasteiger partial charge in [-0.05, 0) is 43.1 Å². The molecule has 0 saturated carbocycles. The van der Waals surface area contributed by atoms with Crippen LogP contribution in [0.5, 0.6) is 0 Å². The van der Waals surface area contributed by atoms with Crippen LogP contribution in [0.25, 0.3) is 0 Å². The molecule has 0 unspecified atom stereocenters. The van der Waals surface area contributed by atoms with E-state index in [2.05, 4.69) is 57.2 Å². The first-order valence-electron chi connectivity index (χ1n) is 8.00. The first-order valence-corrected chi connectivity index (χ1v) is 8.00. The zero-order valence-electron chi connectivity index (χ0n) is 12.9. The fourth-order valence-corrected chi connectivity index (χ4v) is 4.30. The highest BCUT2D eigenvalue weighted by Crippen LogP contribution is 2.45. The molecular weight excluding hydrogens is 244 g/mol. The fourth-order valence-electron chi connectivity index (χ4n) is 4.30. The number of allylic oxidation sites excluding steroid dienone is 1. The summed E-state index contributed by atoms with van der Waals surface area (Å²) in [5.41, 5.74) is 2.98. The van der Waals surface area contributed by atoms with Crippen LogP contribution in [-0.4, -0.2) is 12.7 Å². The summed E-state index contributed by atoms with van der Waals surface area (Å²) in [4.78, 5) is 0. The van der Waals surface area contributed by atoms with E-state index >= 15 is 0 Å². The summed E-state index contributed by atoms with van der Waals surface area (Å²) in [6, 6.07) is 10.8. The van der Waals surface area contributed by atoms with Crippen molar-refractivity contribution in [2.75, 3.05) is 6.61 Å². The zero-order valence-corrected chi connectivity index (χ0v) is 12.9. The Morgan fingerprint density at radius 2 is 1.90 bits per heavy atom. The van der Waals surface area contributed by atoms with Gasteiger partial charge in [0, 0.05) is 5.92 Å². The Balaban J connectivity index is 1.70. The molecule has 2 bridgehead atoms. The SMILES string of the molecule is CC1=C[C@@H](C)[C@H]2CO[C@H](CCc3ccccc3)[C@H]1[C@@H]2C. The summed E-state index contributed by atoms with van der Waals surface area (Å²) in [5, 5.41) is 0. The number of ether oxygens (including phenoxy) is 1. The molecule has 2 aliphatic rings. The van der Waals surface area contributed by atoms with Crippen molar-refractivity contribution in [3.8, 4) is 0 Å². The highest BCUT2D eigenvalue weighted by atomic mass is 16.5. The van der Waals surface area contributed by atoms with Crippen molar-refractivity contribution in [3.05, 3.63) is 47.5 Å². The van der Waals surface area contributed by atoms with Crippen molar-refractivity contribution >= 4 is 0 Å². The molecule has 1 fully saturated rings. The molecule has 0 aromatic heterocycles. The van der Waals surface area contributed by atoms with E-state index in [1.54, 1.807) is 5.57 Å². The maximum Gasteiger partial charge on any atom is 0.0646 e. The van der Waals surface area contributed by atoms with Crippen LogP contribution in [0.3, 0.4) is 0 Å². The fraction of sp³-hybridized carbons (Fsp3) is 0.579. The maximum atomic E-state index is 6.24. The third-order valence-corrected chi connectivity index (χ3v) is 5.43. The molecule has 3 rings (SSSR count). The summed E-state index contributed by atoms with van der Waals surface area (Å²) >= 11 is 0. The monoisotopic (exact) mass is 270 g/mol. The van der Waals surface area contributed by atoms with Crippen LogP contribution in [0.1, 0.15) is 32.8 Å². The Hall–Kier alpha value is -1.08. The number of fused-ring (bicyclic) bond motifs is 2. The van der Waals surface area contributed by atoms with Crippen LogP contribution < -0.4 is 0 Å². The van der Waals surface area contributed by atoms with Crippen LogP contribution in [-0.2, 0) is 11.2 Å². The lowest BCUT2D eigenvalue weighted by Crippen LogP contribution is -2.46. The average Bonchev–Trinajstić information content (AvgIpc) is 2.44. The number of aryl methyl sites for hydroxylation is 1. The van der Waals surface area contributed by atoms with Crippen LogP contribution in [0.4, 0.5) is 0 Å². The second kappa shape index (κ2) is 5.73. The summed E-state index contributed by atoms with van der Waals surface area (Å²) in [7, 11) is 0. The topological polar surface area (TPSA) is 9.23 Å². The minimum atomic E-state index is 0.408. The molecule has 1 aliphatic carbocycles. The summed E-state index contributed by atoms with van der Waals surface area (Å²) in [5.74, 6) is 2.80. The molecule has 0 spiro atoms. The molecule has 0 N–H and O–H groups in total. The lowest BCUT2D eigenvalue weighted by Gasteiger charge is -2.47. The molecule has 1 heterocycles. The second-order valence-electron chi connectivity index (χ2n) is 6.71. The van der Waals surface area contributed by atoms with Crippen LogP contribution >= 0.6 is 0 Å². The van der Waals surface area contributed by atoms with E-state index in [9.17, 15) is 0 Å². The van der Waals surface area contributed by atoms with Crippen molar-refractivity contribution < 1.29 is 4.74 Å². The molecule has 1 aromatic carbocycles. The molecule has 1 nitrogen and oxygen atoms in total. The lowest BCUT2D eigenvalue weighted by atomic mass is 9.65. The van der Waals surface area contributed by atoms with Gasteiger partial charge in [0.2, 0.25) is 0 Å². The molecule has 1 aromatic rings. The van der Waals surface area contributed by atoms with E-state index in [-0.39, 0.29) is 0 Å². The predicted octanol–water partition coefficient (Wildman–Crippen LogP) is 4.48. The molecule has 1 saturated heterocycles. The molecule has 0 amide bonds. The molecule has 20 heavy (non-hydrogen) atoms. The highest BCUT2D eigenvalue weighted by molar-refractivity contribution is 5.18. The first-order chi connectivity index (χ1) is 9.66. The predicted molar refractivity (Wildman–Crippen MR) is 83.6 cm³/mol. The quantitative estimate of drug-likeness (QED) is 0.736. The second-order valence-corrected chi connectivity index (χ2v) is 6.71. The average molecular weight is 270 g/mol. The molecule has 1 aliphatic heterocycles. The van der Waals surface area contributed by atoms with Gasteiger partial charge in [0.15, 0.2) is 0 Å². The molecule has 0 radical (unpaired) electrons. The third-order valence-electron chi connectivity index (χ3n) is 5.43. The van der Waals surface area contributed by atoms with Crippen LogP contribution in [0.15, 0.2) is 42.0 Å².